The van der Waals surface area contributed by atoms with Crippen LogP contribution in [0.1, 0.15) is 36.6 Å². The Kier molecular flexibility index (Phi) is 4.16. The van der Waals surface area contributed by atoms with Gasteiger partial charge < -0.3 is 4.74 Å². The molecule has 0 saturated carbocycles. The lowest BCUT2D eigenvalue weighted by Gasteiger charge is -2.38. The Hall–Kier alpha value is -3.15. The molecule has 2 aromatic carbocycles. The number of aromatic nitrogens is 3. The van der Waals surface area contributed by atoms with Gasteiger partial charge in [0, 0.05) is 6.92 Å². The molecule has 6 nitrogen and oxygen atoms in total. The van der Waals surface area contributed by atoms with Gasteiger partial charge in [-0.3, -0.25) is 9.69 Å². The molecule has 0 fully saturated rings. The molecule has 0 N–H and O–H groups in total. The van der Waals surface area contributed by atoms with Crippen LogP contribution in [0.4, 0.5) is 5.95 Å². The van der Waals surface area contributed by atoms with E-state index in [2.05, 4.69) is 22.2 Å². The average Bonchev–Trinajstić information content (AvgIpc) is 3.16. The predicted octanol–water partition coefficient (Wildman–Crippen LogP) is 3.37. The lowest BCUT2D eigenvalue weighted by Crippen LogP contribution is -2.41. The summed E-state index contributed by atoms with van der Waals surface area (Å²) >= 11 is 0. The molecular weight excluding hydrogens is 328 g/mol. The number of ether oxygens (including phenoxy) is 1. The number of fused-ring (bicyclic) bond motifs is 1. The summed E-state index contributed by atoms with van der Waals surface area (Å²) in [4.78, 5) is 18.5. The van der Waals surface area contributed by atoms with Gasteiger partial charge in [-0.2, -0.15) is 10.1 Å². The highest BCUT2D eigenvalue weighted by molar-refractivity contribution is 5.90. The Morgan fingerprint density at radius 2 is 1.73 bits per heavy atom. The average molecular weight is 348 g/mol. The van der Waals surface area contributed by atoms with Crippen molar-refractivity contribution in [2.75, 3.05) is 12.0 Å². The van der Waals surface area contributed by atoms with E-state index in [1.54, 1.807) is 18.9 Å². The van der Waals surface area contributed by atoms with Crippen molar-refractivity contribution in [2.24, 2.45) is 0 Å². The van der Waals surface area contributed by atoms with Gasteiger partial charge in [0.2, 0.25) is 11.9 Å². The minimum Gasteiger partial charge on any atom is -0.497 e. The fourth-order valence-electron chi connectivity index (χ4n) is 3.62. The molecule has 0 spiro atoms. The van der Waals surface area contributed by atoms with Gasteiger partial charge in [0.15, 0.2) is 0 Å². The predicted molar refractivity (Wildman–Crippen MR) is 98.1 cm³/mol. The molecule has 0 aliphatic carbocycles. The second-order valence-electron chi connectivity index (χ2n) is 6.34. The van der Waals surface area contributed by atoms with Crippen LogP contribution in [-0.2, 0) is 4.79 Å². The minimum absolute atomic E-state index is 0.0244. The zero-order valence-electron chi connectivity index (χ0n) is 14.7. The Morgan fingerprint density at radius 3 is 2.38 bits per heavy atom. The summed E-state index contributed by atoms with van der Waals surface area (Å²) in [5.74, 6) is 1.33. The quantitative estimate of drug-likeness (QED) is 0.728. The van der Waals surface area contributed by atoms with Gasteiger partial charge in [-0.1, -0.05) is 42.5 Å². The van der Waals surface area contributed by atoms with E-state index in [1.807, 2.05) is 47.1 Å². The summed E-state index contributed by atoms with van der Waals surface area (Å²) in [6.07, 6.45) is 2.24. The number of amides is 1. The van der Waals surface area contributed by atoms with Crippen LogP contribution >= 0.6 is 0 Å². The van der Waals surface area contributed by atoms with Crippen LogP contribution in [0.2, 0.25) is 0 Å². The first kappa shape index (κ1) is 16.3. The number of nitrogens with zero attached hydrogens (tertiary/aromatic N) is 4. The van der Waals surface area contributed by atoms with E-state index < -0.39 is 0 Å². The van der Waals surface area contributed by atoms with Crippen LogP contribution in [0.3, 0.4) is 0 Å². The highest BCUT2D eigenvalue weighted by atomic mass is 16.5. The highest BCUT2D eigenvalue weighted by Gasteiger charge is 2.37. The molecule has 0 bridgehead atoms. The van der Waals surface area contributed by atoms with Crippen LogP contribution in [-0.4, -0.2) is 27.8 Å². The van der Waals surface area contributed by atoms with E-state index in [4.69, 9.17) is 4.74 Å². The first-order valence-corrected chi connectivity index (χ1v) is 8.57. The van der Waals surface area contributed by atoms with Crippen LogP contribution < -0.4 is 9.64 Å². The molecule has 3 aromatic rings. The molecule has 0 saturated heterocycles. The van der Waals surface area contributed by atoms with Gasteiger partial charge in [-0.15, -0.1) is 0 Å². The van der Waals surface area contributed by atoms with Crippen LogP contribution in [0.15, 0.2) is 60.9 Å². The van der Waals surface area contributed by atoms with Gasteiger partial charge in [-0.05, 0) is 29.7 Å². The molecule has 2 heterocycles. The molecule has 1 aromatic heterocycles. The van der Waals surface area contributed by atoms with Crippen molar-refractivity contribution in [3.8, 4) is 5.75 Å². The number of carbonyl (C=O) groups is 1. The maximum absolute atomic E-state index is 12.4. The molecule has 2 atom stereocenters. The van der Waals surface area contributed by atoms with Crippen molar-refractivity contribution >= 4 is 11.9 Å². The monoisotopic (exact) mass is 348 g/mol. The third-order valence-corrected chi connectivity index (χ3v) is 4.85. The van der Waals surface area contributed by atoms with E-state index in [0.717, 1.165) is 23.3 Å². The standard InChI is InChI=1S/C20H20N4O2/c1-14(25)23-18(16-8-10-17(26-2)11-9-16)12-19(15-6-4-3-5-7-15)24-20(23)21-13-22-24/h3-11,13,18-19H,12H2,1-2H3/t18-,19+/m1/s1. The number of hydrogen-bond donors (Lipinski definition) is 0. The van der Waals surface area contributed by atoms with Crippen LogP contribution in [0.25, 0.3) is 0 Å². The first-order valence-electron chi connectivity index (χ1n) is 8.57. The Balaban J connectivity index is 1.81. The molecule has 1 aliphatic rings. The summed E-state index contributed by atoms with van der Waals surface area (Å²) in [5.41, 5.74) is 2.21. The molecule has 0 unspecified atom stereocenters. The van der Waals surface area contributed by atoms with Crippen molar-refractivity contribution < 1.29 is 9.53 Å². The molecule has 6 heteroatoms. The van der Waals surface area contributed by atoms with E-state index in [9.17, 15) is 4.79 Å². The Morgan fingerprint density at radius 1 is 1.04 bits per heavy atom. The largest absolute Gasteiger partial charge is 0.497 e. The Labute approximate surface area is 152 Å². The maximum Gasteiger partial charge on any atom is 0.231 e. The number of carbonyl (C=O) groups excluding carboxylic acids is 1. The second-order valence-corrected chi connectivity index (χ2v) is 6.34. The van der Waals surface area contributed by atoms with Gasteiger partial charge >= 0.3 is 0 Å². The number of methoxy groups -OCH3 is 1. The zero-order valence-corrected chi connectivity index (χ0v) is 14.7. The fourth-order valence-corrected chi connectivity index (χ4v) is 3.62. The molecular formula is C20H20N4O2. The van der Waals surface area contributed by atoms with Crippen molar-refractivity contribution in [3.05, 3.63) is 72.1 Å². The lowest BCUT2D eigenvalue weighted by molar-refractivity contribution is -0.117. The maximum atomic E-state index is 12.4. The summed E-state index contributed by atoms with van der Waals surface area (Å²) in [6, 6.07) is 18.0. The topological polar surface area (TPSA) is 60.2 Å². The van der Waals surface area contributed by atoms with Crippen molar-refractivity contribution in [2.45, 2.75) is 25.4 Å². The van der Waals surface area contributed by atoms with Crippen molar-refractivity contribution in [1.82, 2.24) is 14.8 Å². The normalized spacial score (nSPS) is 19.1. The van der Waals surface area contributed by atoms with Crippen molar-refractivity contribution in [3.63, 3.8) is 0 Å². The van der Waals surface area contributed by atoms with Gasteiger partial charge in [0.1, 0.15) is 12.1 Å². The third-order valence-electron chi connectivity index (χ3n) is 4.85. The highest BCUT2D eigenvalue weighted by Crippen LogP contribution is 2.41. The number of benzene rings is 2. The van der Waals surface area contributed by atoms with Gasteiger partial charge in [-0.25, -0.2) is 4.68 Å². The summed E-state index contributed by atoms with van der Waals surface area (Å²) < 4.78 is 7.10. The minimum atomic E-state index is -0.111. The van der Waals surface area contributed by atoms with Gasteiger partial charge in [0.25, 0.3) is 0 Å². The first-order chi connectivity index (χ1) is 12.7. The fraction of sp³-hybridized carbons (Fsp3) is 0.250. The summed E-state index contributed by atoms with van der Waals surface area (Å²) in [6.45, 7) is 1.57. The number of hydrogen-bond acceptors (Lipinski definition) is 4. The molecule has 4 rings (SSSR count). The number of rotatable bonds is 3. The summed E-state index contributed by atoms with van der Waals surface area (Å²) in [7, 11) is 1.64. The van der Waals surface area contributed by atoms with Crippen molar-refractivity contribution in [1.29, 1.82) is 0 Å². The van der Waals surface area contributed by atoms with Gasteiger partial charge in [0.05, 0.1) is 19.2 Å². The lowest BCUT2D eigenvalue weighted by atomic mass is 9.92. The molecule has 1 amide bonds. The molecule has 132 valence electrons. The van der Waals surface area contributed by atoms with E-state index in [1.165, 1.54) is 6.33 Å². The van der Waals surface area contributed by atoms with E-state index >= 15 is 0 Å². The SMILES string of the molecule is COc1ccc([C@H]2C[C@@H](c3ccccc3)n3ncnc3N2C(C)=O)cc1. The number of anilines is 1. The van der Waals surface area contributed by atoms with E-state index in [-0.39, 0.29) is 18.0 Å². The molecule has 0 radical (unpaired) electrons. The second kappa shape index (κ2) is 6.63. The third kappa shape index (κ3) is 2.73. The Bertz CT molecular complexity index is 905. The molecule has 1 aliphatic heterocycles. The van der Waals surface area contributed by atoms with Crippen LogP contribution in [0.5, 0.6) is 5.75 Å². The van der Waals surface area contributed by atoms with Crippen LogP contribution in [0, 0.1) is 0 Å². The van der Waals surface area contributed by atoms with E-state index in [0.29, 0.717) is 5.95 Å². The smallest absolute Gasteiger partial charge is 0.231 e. The zero-order chi connectivity index (χ0) is 18.1. The molecule has 26 heavy (non-hydrogen) atoms. The summed E-state index contributed by atoms with van der Waals surface area (Å²) in [5, 5.41) is 4.39.